The molecule has 3 rings (SSSR count). The number of nitriles is 2. The molecule has 0 spiro atoms. The number of hydrogen-bond acceptors (Lipinski definition) is 6. The highest BCUT2D eigenvalue weighted by Crippen LogP contribution is 2.30. The van der Waals surface area contributed by atoms with Crippen LogP contribution in [0.25, 0.3) is 0 Å². The Bertz CT molecular complexity index is 956. The van der Waals surface area contributed by atoms with Gasteiger partial charge in [-0.15, -0.1) is 0 Å². The predicted octanol–water partition coefficient (Wildman–Crippen LogP) is 2.33. The largest absolute Gasteiger partial charge is 0.486 e. The second-order valence-electron chi connectivity index (χ2n) is 5.69. The smallest absolute Gasteiger partial charge is 0.267 e. The molecule has 27 heavy (non-hydrogen) atoms. The minimum atomic E-state index is -0.598. The summed E-state index contributed by atoms with van der Waals surface area (Å²) >= 11 is 0. The van der Waals surface area contributed by atoms with E-state index in [0.717, 1.165) is 0 Å². The number of benzene rings is 2. The standard InChI is InChI=1S/C20H16N4O3/c21-9-14-5-1-2-6-17(14)24-20(25)15(10-22)11-23-12-16-13-26-18-7-3-4-8-19(18)27-16/h1-8,11,16,23H,12-13H2,(H,24,25)/b15-11-. The Morgan fingerprint density at radius 2 is 1.89 bits per heavy atom. The number of anilines is 1. The van der Waals surface area contributed by atoms with E-state index in [9.17, 15) is 10.1 Å². The lowest BCUT2D eigenvalue weighted by Crippen LogP contribution is -2.37. The summed E-state index contributed by atoms with van der Waals surface area (Å²) in [7, 11) is 0. The second-order valence-corrected chi connectivity index (χ2v) is 5.69. The van der Waals surface area contributed by atoms with E-state index in [-0.39, 0.29) is 11.7 Å². The third kappa shape index (κ3) is 4.36. The first-order chi connectivity index (χ1) is 13.2. The number of ether oxygens (including phenoxy) is 2. The lowest BCUT2D eigenvalue weighted by atomic mass is 10.2. The molecule has 0 fully saturated rings. The molecular weight excluding hydrogens is 344 g/mol. The first-order valence-corrected chi connectivity index (χ1v) is 8.24. The quantitative estimate of drug-likeness (QED) is 0.626. The molecule has 1 atom stereocenters. The van der Waals surface area contributed by atoms with Gasteiger partial charge in [0.1, 0.15) is 30.4 Å². The maximum absolute atomic E-state index is 12.3. The first kappa shape index (κ1) is 17.8. The number of amides is 1. The van der Waals surface area contributed by atoms with E-state index in [1.165, 1.54) is 6.20 Å². The Hall–Kier alpha value is -3.97. The topological polar surface area (TPSA) is 107 Å². The van der Waals surface area contributed by atoms with Crippen LogP contribution in [0, 0.1) is 22.7 Å². The summed E-state index contributed by atoms with van der Waals surface area (Å²) in [5.41, 5.74) is 0.564. The van der Waals surface area contributed by atoms with Crippen molar-refractivity contribution >= 4 is 11.6 Å². The van der Waals surface area contributed by atoms with Crippen LogP contribution < -0.4 is 20.1 Å². The molecule has 1 unspecified atom stereocenters. The molecule has 7 heteroatoms. The molecule has 2 aromatic carbocycles. The zero-order chi connectivity index (χ0) is 19.1. The molecule has 2 N–H and O–H groups in total. The van der Waals surface area contributed by atoms with Crippen LogP contribution in [0.2, 0.25) is 0 Å². The highest BCUT2D eigenvalue weighted by molar-refractivity contribution is 6.07. The van der Waals surface area contributed by atoms with Gasteiger partial charge in [-0.3, -0.25) is 4.79 Å². The number of fused-ring (bicyclic) bond motifs is 1. The van der Waals surface area contributed by atoms with E-state index < -0.39 is 5.91 Å². The summed E-state index contributed by atoms with van der Waals surface area (Å²) in [5, 5.41) is 23.8. The van der Waals surface area contributed by atoms with Gasteiger partial charge >= 0.3 is 0 Å². The van der Waals surface area contributed by atoms with Crippen molar-refractivity contribution in [2.24, 2.45) is 0 Å². The summed E-state index contributed by atoms with van der Waals surface area (Å²) in [6, 6.07) is 17.8. The van der Waals surface area contributed by atoms with Crippen molar-refractivity contribution in [2.45, 2.75) is 6.10 Å². The molecular formula is C20H16N4O3. The van der Waals surface area contributed by atoms with Crippen LogP contribution in [0.5, 0.6) is 11.5 Å². The average molecular weight is 360 g/mol. The number of nitrogens with one attached hydrogen (secondary N) is 2. The zero-order valence-corrected chi connectivity index (χ0v) is 14.3. The fourth-order valence-electron chi connectivity index (χ4n) is 2.48. The number of para-hydroxylation sites is 3. The van der Waals surface area contributed by atoms with E-state index in [0.29, 0.717) is 35.9 Å². The van der Waals surface area contributed by atoms with Gasteiger partial charge in [-0.1, -0.05) is 24.3 Å². The molecule has 134 valence electrons. The van der Waals surface area contributed by atoms with E-state index in [2.05, 4.69) is 10.6 Å². The second kappa shape index (κ2) is 8.41. The van der Waals surface area contributed by atoms with Crippen molar-refractivity contribution in [1.82, 2.24) is 5.32 Å². The van der Waals surface area contributed by atoms with Gasteiger partial charge in [0.25, 0.3) is 5.91 Å². The van der Waals surface area contributed by atoms with Crippen molar-refractivity contribution < 1.29 is 14.3 Å². The van der Waals surface area contributed by atoms with Gasteiger partial charge < -0.3 is 20.1 Å². The maximum atomic E-state index is 12.3. The minimum absolute atomic E-state index is 0.111. The average Bonchev–Trinajstić information content (AvgIpc) is 2.71. The van der Waals surface area contributed by atoms with E-state index in [1.54, 1.807) is 24.3 Å². The van der Waals surface area contributed by atoms with Crippen LogP contribution in [0.15, 0.2) is 60.3 Å². The van der Waals surface area contributed by atoms with Gasteiger partial charge in [-0.05, 0) is 24.3 Å². The Morgan fingerprint density at radius 3 is 2.67 bits per heavy atom. The molecule has 1 aliphatic heterocycles. The van der Waals surface area contributed by atoms with Gasteiger partial charge in [0.05, 0.1) is 17.8 Å². The predicted molar refractivity (Wildman–Crippen MR) is 97.8 cm³/mol. The Kier molecular flexibility index (Phi) is 5.56. The molecule has 0 bridgehead atoms. The van der Waals surface area contributed by atoms with Crippen LogP contribution in [0.4, 0.5) is 5.69 Å². The number of rotatable bonds is 5. The van der Waals surface area contributed by atoms with E-state index >= 15 is 0 Å². The maximum Gasteiger partial charge on any atom is 0.267 e. The lowest BCUT2D eigenvalue weighted by molar-refractivity contribution is -0.112. The fourth-order valence-corrected chi connectivity index (χ4v) is 2.48. The highest BCUT2D eigenvalue weighted by atomic mass is 16.6. The lowest BCUT2D eigenvalue weighted by Gasteiger charge is -2.26. The summed E-state index contributed by atoms with van der Waals surface area (Å²) in [4.78, 5) is 12.3. The van der Waals surface area contributed by atoms with Gasteiger partial charge in [0.15, 0.2) is 11.5 Å². The van der Waals surface area contributed by atoms with E-state index in [1.807, 2.05) is 36.4 Å². The molecule has 0 saturated carbocycles. The zero-order valence-electron chi connectivity index (χ0n) is 14.3. The highest BCUT2D eigenvalue weighted by Gasteiger charge is 2.20. The van der Waals surface area contributed by atoms with Crippen LogP contribution >= 0.6 is 0 Å². The molecule has 1 heterocycles. The van der Waals surface area contributed by atoms with Gasteiger partial charge in [-0.25, -0.2) is 0 Å². The number of hydrogen-bond donors (Lipinski definition) is 2. The van der Waals surface area contributed by atoms with Crippen molar-refractivity contribution in [3.05, 3.63) is 65.9 Å². The molecule has 0 saturated heterocycles. The molecule has 0 aromatic heterocycles. The molecule has 0 radical (unpaired) electrons. The van der Waals surface area contributed by atoms with Crippen molar-refractivity contribution in [3.8, 4) is 23.6 Å². The van der Waals surface area contributed by atoms with Crippen molar-refractivity contribution in [2.75, 3.05) is 18.5 Å². The van der Waals surface area contributed by atoms with Crippen molar-refractivity contribution in [1.29, 1.82) is 10.5 Å². The fraction of sp³-hybridized carbons (Fsp3) is 0.150. The Labute approximate surface area is 156 Å². The molecule has 2 aromatic rings. The molecule has 1 amide bonds. The Morgan fingerprint density at radius 1 is 1.15 bits per heavy atom. The minimum Gasteiger partial charge on any atom is -0.486 e. The Balaban J connectivity index is 1.58. The van der Waals surface area contributed by atoms with Gasteiger partial charge in [-0.2, -0.15) is 10.5 Å². The van der Waals surface area contributed by atoms with Crippen LogP contribution in [-0.4, -0.2) is 25.2 Å². The summed E-state index contributed by atoms with van der Waals surface area (Å²) in [6.07, 6.45) is 1.08. The van der Waals surface area contributed by atoms with Crippen molar-refractivity contribution in [3.63, 3.8) is 0 Å². The summed E-state index contributed by atoms with van der Waals surface area (Å²) < 4.78 is 11.4. The first-order valence-electron chi connectivity index (χ1n) is 8.24. The number of nitrogens with zero attached hydrogens (tertiary/aromatic N) is 2. The third-order valence-electron chi connectivity index (χ3n) is 3.82. The van der Waals surface area contributed by atoms with Crippen LogP contribution in [-0.2, 0) is 4.79 Å². The normalized spacial score (nSPS) is 15.2. The monoisotopic (exact) mass is 360 g/mol. The molecule has 0 aliphatic carbocycles. The molecule has 7 nitrogen and oxygen atoms in total. The number of carbonyl (C=O) groups excluding carboxylic acids is 1. The number of carbonyl (C=O) groups is 1. The van der Waals surface area contributed by atoms with Gasteiger partial charge in [0.2, 0.25) is 0 Å². The summed E-state index contributed by atoms with van der Waals surface area (Å²) in [6.45, 7) is 0.725. The van der Waals surface area contributed by atoms with Crippen LogP contribution in [0.1, 0.15) is 5.56 Å². The SMILES string of the molecule is N#C/C(=C/NCC1COc2ccccc2O1)C(=O)Nc1ccccc1C#N. The third-order valence-corrected chi connectivity index (χ3v) is 3.82. The molecule has 1 aliphatic rings. The summed E-state index contributed by atoms with van der Waals surface area (Å²) in [5.74, 6) is 0.752. The van der Waals surface area contributed by atoms with E-state index in [4.69, 9.17) is 14.7 Å². The van der Waals surface area contributed by atoms with Gasteiger partial charge in [0, 0.05) is 6.20 Å². The van der Waals surface area contributed by atoms with Crippen LogP contribution in [0.3, 0.4) is 0 Å².